The molecule has 70 valence electrons. The Kier molecular flexibility index (Phi) is 2.98. The van der Waals surface area contributed by atoms with Crippen molar-refractivity contribution in [1.82, 2.24) is 10.2 Å². The molecule has 2 rings (SSSR count). The number of ether oxygens (including phenoxy) is 1. The molecular weight excluding hydrogens is 152 g/mol. The van der Waals surface area contributed by atoms with Crippen LogP contribution < -0.4 is 5.32 Å². The minimum atomic E-state index is 0.431. The first-order valence-corrected chi connectivity index (χ1v) is 5.03. The van der Waals surface area contributed by atoms with E-state index in [1.807, 2.05) is 0 Å². The Hall–Kier alpha value is -0.120. The molecule has 2 aliphatic heterocycles. The zero-order valence-electron chi connectivity index (χ0n) is 7.59. The summed E-state index contributed by atoms with van der Waals surface area (Å²) in [6.45, 7) is 5.53. The van der Waals surface area contributed by atoms with E-state index < -0.39 is 0 Å². The molecule has 2 saturated heterocycles. The lowest BCUT2D eigenvalue weighted by Gasteiger charge is -2.36. The average Bonchev–Trinajstić information content (AvgIpc) is 2.21. The van der Waals surface area contributed by atoms with Gasteiger partial charge in [-0.2, -0.15) is 0 Å². The van der Waals surface area contributed by atoms with E-state index in [2.05, 4.69) is 10.2 Å². The highest BCUT2D eigenvalue weighted by Crippen LogP contribution is 2.16. The summed E-state index contributed by atoms with van der Waals surface area (Å²) in [5.74, 6) is 0. The SMILES string of the molecule is C1CC[C@@H](N2CCNCC2)OC1. The fraction of sp³-hybridized carbons (Fsp3) is 1.00. The monoisotopic (exact) mass is 170 g/mol. The highest BCUT2D eigenvalue weighted by Gasteiger charge is 2.22. The molecule has 0 spiro atoms. The summed E-state index contributed by atoms with van der Waals surface area (Å²) < 4.78 is 5.72. The van der Waals surface area contributed by atoms with Crippen molar-refractivity contribution < 1.29 is 4.74 Å². The highest BCUT2D eigenvalue weighted by atomic mass is 16.5. The van der Waals surface area contributed by atoms with Gasteiger partial charge in [-0.3, -0.25) is 4.90 Å². The van der Waals surface area contributed by atoms with Crippen molar-refractivity contribution >= 4 is 0 Å². The summed E-state index contributed by atoms with van der Waals surface area (Å²) in [6, 6.07) is 0. The van der Waals surface area contributed by atoms with Gasteiger partial charge in [0.1, 0.15) is 6.23 Å². The summed E-state index contributed by atoms with van der Waals surface area (Å²) in [7, 11) is 0. The third kappa shape index (κ3) is 1.97. The van der Waals surface area contributed by atoms with Gasteiger partial charge < -0.3 is 10.1 Å². The molecule has 0 aliphatic carbocycles. The molecular formula is C9H18N2O. The largest absolute Gasteiger partial charge is 0.363 e. The van der Waals surface area contributed by atoms with Crippen molar-refractivity contribution in [2.24, 2.45) is 0 Å². The van der Waals surface area contributed by atoms with Crippen LogP contribution >= 0.6 is 0 Å². The molecule has 0 unspecified atom stereocenters. The van der Waals surface area contributed by atoms with Crippen molar-refractivity contribution in [2.45, 2.75) is 25.5 Å². The van der Waals surface area contributed by atoms with Crippen LogP contribution in [0, 0.1) is 0 Å². The summed E-state index contributed by atoms with van der Waals surface area (Å²) in [5, 5.41) is 3.36. The molecule has 12 heavy (non-hydrogen) atoms. The number of rotatable bonds is 1. The second kappa shape index (κ2) is 4.21. The van der Waals surface area contributed by atoms with Crippen molar-refractivity contribution in [3.05, 3.63) is 0 Å². The van der Waals surface area contributed by atoms with Crippen molar-refractivity contribution in [3.63, 3.8) is 0 Å². The van der Waals surface area contributed by atoms with Gasteiger partial charge in [-0.15, -0.1) is 0 Å². The maximum atomic E-state index is 5.72. The predicted octanol–water partition coefficient (Wildman–Crippen LogP) is 0.418. The van der Waals surface area contributed by atoms with E-state index in [0.29, 0.717) is 6.23 Å². The smallest absolute Gasteiger partial charge is 0.110 e. The minimum absolute atomic E-state index is 0.431. The van der Waals surface area contributed by atoms with Crippen molar-refractivity contribution in [2.75, 3.05) is 32.8 Å². The molecule has 0 radical (unpaired) electrons. The minimum Gasteiger partial charge on any atom is -0.363 e. The Balaban J connectivity index is 1.80. The van der Waals surface area contributed by atoms with E-state index in [9.17, 15) is 0 Å². The predicted molar refractivity (Wildman–Crippen MR) is 48.0 cm³/mol. The molecule has 1 atom stereocenters. The van der Waals surface area contributed by atoms with Gasteiger partial charge in [-0.05, 0) is 19.3 Å². The first-order valence-electron chi connectivity index (χ1n) is 5.03. The number of piperazine rings is 1. The van der Waals surface area contributed by atoms with Gasteiger partial charge in [-0.25, -0.2) is 0 Å². The molecule has 0 aromatic carbocycles. The highest BCUT2D eigenvalue weighted by molar-refractivity contribution is 4.72. The molecule has 1 N–H and O–H groups in total. The number of nitrogens with zero attached hydrogens (tertiary/aromatic N) is 1. The second-order valence-electron chi connectivity index (χ2n) is 3.61. The molecule has 2 fully saturated rings. The van der Waals surface area contributed by atoms with Crippen LogP contribution in [0.15, 0.2) is 0 Å². The molecule has 0 bridgehead atoms. The molecule has 0 amide bonds. The number of hydrogen-bond acceptors (Lipinski definition) is 3. The average molecular weight is 170 g/mol. The van der Waals surface area contributed by atoms with Crippen LogP contribution in [0.2, 0.25) is 0 Å². The normalized spacial score (nSPS) is 33.5. The topological polar surface area (TPSA) is 24.5 Å². The zero-order chi connectivity index (χ0) is 8.23. The van der Waals surface area contributed by atoms with Crippen molar-refractivity contribution in [1.29, 1.82) is 0 Å². The van der Waals surface area contributed by atoms with E-state index in [4.69, 9.17) is 4.74 Å². The number of nitrogens with one attached hydrogen (secondary N) is 1. The molecule has 3 heteroatoms. The molecule has 0 aromatic rings. The fourth-order valence-corrected chi connectivity index (χ4v) is 1.98. The lowest BCUT2D eigenvalue weighted by atomic mass is 10.1. The Morgan fingerprint density at radius 1 is 1.17 bits per heavy atom. The first kappa shape index (κ1) is 8.48. The van der Waals surface area contributed by atoms with Crippen LogP contribution in [0.3, 0.4) is 0 Å². The second-order valence-corrected chi connectivity index (χ2v) is 3.61. The maximum absolute atomic E-state index is 5.72. The van der Waals surface area contributed by atoms with Gasteiger partial charge in [-0.1, -0.05) is 0 Å². The third-order valence-corrected chi connectivity index (χ3v) is 2.71. The van der Waals surface area contributed by atoms with Gasteiger partial charge in [0.15, 0.2) is 0 Å². The molecule has 2 heterocycles. The van der Waals surface area contributed by atoms with Gasteiger partial charge in [0.25, 0.3) is 0 Å². The standard InChI is InChI=1S/C9H18N2O/c1-2-8-12-9(3-1)11-6-4-10-5-7-11/h9-10H,1-8H2/t9-/m0/s1. The van der Waals surface area contributed by atoms with Gasteiger partial charge in [0.2, 0.25) is 0 Å². The Labute approximate surface area is 74.1 Å². The van der Waals surface area contributed by atoms with E-state index in [1.165, 1.54) is 19.3 Å². The molecule has 0 aromatic heterocycles. The number of hydrogen-bond donors (Lipinski definition) is 1. The Bertz CT molecular complexity index is 112. The Morgan fingerprint density at radius 3 is 2.67 bits per heavy atom. The molecule has 3 nitrogen and oxygen atoms in total. The van der Waals surface area contributed by atoms with Gasteiger partial charge in [0.05, 0.1) is 0 Å². The van der Waals surface area contributed by atoms with Crippen molar-refractivity contribution in [3.8, 4) is 0 Å². The van der Waals surface area contributed by atoms with Crippen LogP contribution in [-0.2, 0) is 4.74 Å². The summed E-state index contributed by atoms with van der Waals surface area (Å²) in [5.41, 5.74) is 0. The van der Waals surface area contributed by atoms with E-state index >= 15 is 0 Å². The van der Waals surface area contributed by atoms with E-state index in [1.54, 1.807) is 0 Å². The van der Waals surface area contributed by atoms with Gasteiger partial charge in [0, 0.05) is 32.8 Å². The first-order chi connectivity index (χ1) is 5.97. The summed E-state index contributed by atoms with van der Waals surface area (Å²) in [6.07, 6.45) is 4.26. The summed E-state index contributed by atoms with van der Waals surface area (Å²) >= 11 is 0. The van der Waals surface area contributed by atoms with Crippen LogP contribution in [0.5, 0.6) is 0 Å². The van der Waals surface area contributed by atoms with E-state index in [-0.39, 0.29) is 0 Å². The van der Waals surface area contributed by atoms with Crippen LogP contribution in [0.25, 0.3) is 0 Å². The van der Waals surface area contributed by atoms with Crippen LogP contribution in [-0.4, -0.2) is 43.9 Å². The van der Waals surface area contributed by atoms with Crippen LogP contribution in [0.1, 0.15) is 19.3 Å². The van der Waals surface area contributed by atoms with Gasteiger partial charge >= 0.3 is 0 Å². The Morgan fingerprint density at radius 2 is 2.00 bits per heavy atom. The maximum Gasteiger partial charge on any atom is 0.110 e. The molecule has 0 saturated carbocycles. The fourth-order valence-electron chi connectivity index (χ4n) is 1.98. The third-order valence-electron chi connectivity index (χ3n) is 2.71. The lowest BCUT2D eigenvalue weighted by Crippen LogP contribution is -2.50. The lowest BCUT2D eigenvalue weighted by molar-refractivity contribution is -0.0891. The molecule has 2 aliphatic rings. The quantitative estimate of drug-likeness (QED) is 0.617. The summed E-state index contributed by atoms with van der Waals surface area (Å²) in [4.78, 5) is 2.47. The zero-order valence-corrected chi connectivity index (χ0v) is 7.59. The van der Waals surface area contributed by atoms with Crippen LogP contribution in [0.4, 0.5) is 0 Å². The van der Waals surface area contributed by atoms with E-state index in [0.717, 1.165) is 32.8 Å².